The molecule has 8 nitrogen and oxygen atoms in total. The van der Waals surface area contributed by atoms with Crippen LogP contribution in [0.5, 0.6) is 0 Å². The minimum Gasteiger partial charge on any atom is -0.345 e. The lowest BCUT2D eigenvalue weighted by molar-refractivity contribution is 0.0594. The van der Waals surface area contributed by atoms with Gasteiger partial charge >= 0.3 is 0 Å². The highest BCUT2D eigenvalue weighted by Gasteiger charge is 2.34. The van der Waals surface area contributed by atoms with Crippen molar-refractivity contribution in [2.75, 3.05) is 13.1 Å². The molecule has 0 aromatic carbocycles. The molecule has 1 fully saturated rings. The van der Waals surface area contributed by atoms with Gasteiger partial charge in [0.15, 0.2) is 5.82 Å². The van der Waals surface area contributed by atoms with Crippen molar-refractivity contribution in [1.82, 2.24) is 29.6 Å². The maximum absolute atomic E-state index is 13.3. The van der Waals surface area contributed by atoms with Crippen molar-refractivity contribution in [2.45, 2.75) is 46.1 Å². The van der Waals surface area contributed by atoms with Crippen LogP contribution in [0.2, 0.25) is 0 Å². The van der Waals surface area contributed by atoms with Crippen LogP contribution in [0, 0.1) is 11.3 Å². The number of aromatic amines is 1. The molecule has 0 bridgehead atoms. The first-order valence-electron chi connectivity index (χ1n) is 10.8. The van der Waals surface area contributed by atoms with Gasteiger partial charge in [-0.1, -0.05) is 20.8 Å². The van der Waals surface area contributed by atoms with E-state index in [0.717, 1.165) is 24.8 Å². The number of rotatable bonds is 5. The first kappa shape index (κ1) is 21.1. The molecule has 8 heteroatoms. The number of piperidine rings is 1. The number of H-pyrrole nitrogens is 1. The predicted molar refractivity (Wildman–Crippen MR) is 118 cm³/mol. The van der Waals surface area contributed by atoms with Gasteiger partial charge in [-0.15, -0.1) is 0 Å². The highest BCUT2D eigenvalue weighted by Crippen LogP contribution is 2.30. The number of likely N-dealkylation sites (tertiary alicyclic amines) is 1. The van der Waals surface area contributed by atoms with Crippen LogP contribution in [0.1, 0.15) is 61.0 Å². The smallest absolute Gasteiger partial charge is 0.287 e. The Kier molecular flexibility index (Phi) is 5.80. The van der Waals surface area contributed by atoms with Gasteiger partial charge in [-0.3, -0.25) is 9.59 Å². The number of nitrogens with zero attached hydrogens (tertiary/aromatic N) is 4. The molecule has 31 heavy (non-hydrogen) atoms. The van der Waals surface area contributed by atoms with Crippen LogP contribution in [-0.4, -0.2) is 55.2 Å². The van der Waals surface area contributed by atoms with Crippen molar-refractivity contribution in [3.8, 4) is 0 Å². The molecule has 1 saturated heterocycles. The Balaban J connectivity index is 1.52. The fourth-order valence-electron chi connectivity index (χ4n) is 4.24. The van der Waals surface area contributed by atoms with E-state index in [4.69, 9.17) is 0 Å². The van der Waals surface area contributed by atoms with Gasteiger partial charge in [0.25, 0.3) is 11.8 Å². The molecule has 3 aromatic rings. The molecule has 4 heterocycles. The number of carbonyl (C=O) groups excluding carboxylic acids is 2. The van der Waals surface area contributed by atoms with E-state index >= 15 is 0 Å². The standard InChI is InChI=1S/C23H30N6O2/c1-23(2,3)8-6-16-7-12-28(14-18(16)27-21(30)20-25-9-10-26-20)22(31)17-5-4-11-29-15-24-13-19(17)29/h4-5,9-11,13,15-16,18H,6-8,12,14H2,1-3H3,(H,25,26)(H,27,30)/t16-,18?/m1/s1. The average molecular weight is 423 g/mol. The van der Waals surface area contributed by atoms with E-state index in [2.05, 4.69) is 41.0 Å². The number of imidazole rings is 2. The van der Waals surface area contributed by atoms with E-state index < -0.39 is 0 Å². The van der Waals surface area contributed by atoms with Crippen LogP contribution in [0.15, 0.2) is 43.2 Å². The summed E-state index contributed by atoms with van der Waals surface area (Å²) in [7, 11) is 0. The van der Waals surface area contributed by atoms with E-state index in [0.29, 0.717) is 30.4 Å². The summed E-state index contributed by atoms with van der Waals surface area (Å²) < 4.78 is 1.85. The second-order valence-corrected chi connectivity index (χ2v) is 9.53. The molecular formula is C23H30N6O2. The van der Waals surface area contributed by atoms with E-state index in [-0.39, 0.29) is 23.3 Å². The third kappa shape index (κ3) is 4.78. The zero-order valence-electron chi connectivity index (χ0n) is 18.3. The van der Waals surface area contributed by atoms with E-state index in [9.17, 15) is 9.59 Å². The zero-order chi connectivity index (χ0) is 22.0. The molecule has 2 N–H and O–H groups in total. The third-order valence-corrected chi connectivity index (χ3v) is 6.02. The van der Waals surface area contributed by atoms with Crippen molar-refractivity contribution in [1.29, 1.82) is 0 Å². The molecule has 1 aliphatic rings. The van der Waals surface area contributed by atoms with Crippen molar-refractivity contribution < 1.29 is 9.59 Å². The normalized spacial score (nSPS) is 19.5. The highest BCUT2D eigenvalue weighted by atomic mass is 16.2. The molecule has 2 amide bonds. The Morgan fingerprint density at radius 3 is 2.90 bits per heavy atom. The average Bonchev–Trinajstić information content (AvgIpc) is 3.43. The molecule has 0 radical (unpaired) electrons. The molecule has 1 aliphatic heterocycles. The van der Waals surface area contributed by atoms with Crippen molar-refractivity contribution in [3.05, 3.63) is 54.6 Å². The number of amides is 2. The summed E-state index contributed by atoms with van der Waals surface area (Å²) in [5.74, 6) is 0.343. The van der Waals surface area contributed by atoms with Crippen LogP contribution >= 0.6 is 0 Å². The minimum absolute atomic E-state index is 0.0300. The molecule has 3 aromatic heterocycles. The van der Waals surface area contributed by atoms with Crippen molar-refractivity contribution in [3.63, 3.8) is 0 Å². The first-order valence-corrected chi connectivity index (χ1v) is 10.8. The summed E-state index contributed by atoms with van der Waals surface area (Å²) in [5, 5.41) is 3.13. The third-order valence-electron chi connectivity index (χ3n) is 6.02. The van der Waals surface area contributed by atoms with Crippen LogP contribution in [-0.2, 0) is 0 Å². The van der Waals surface area contributed by atoms with E-state index in [1.54, 1.807) is 24.9 Å². The molecular weight excluding hydrogens is 392 g/mol. The monoisotopic (exact) mass is 422 g/mol. The van der Waals surface area contributed by atoms with Crippen LogP contribution in [0.3, 0.4) is 0 Å². The van der Waals surface area contributed by atoms with Crippen LogP contribution in [0.4, 0.5) is 0 Å². The van der Waals surface area contributed by atoms with Gasteiger partial charge in [-0.25, -0.2) is 9.97 Å². The second kappa shape index (κ2) is 8.53. The molecule has 2 atom stereocenters. The number of hydrogen-bond acceptors (Lipinski definition) is 4. The number of carbonyl (C=O) groups is 2. The summed E-state index contributed by atoms with van der Waals surface area (Å²) >= 11 is 0. The lowest BCUT2D eigenvalue weighted by atomic mass is 9.81. The first-order chi connectivity index (χ1) is 14.8. The number of aromatic nitrogens is 4. The van der Waals surface area contributed by atoms with Gasteiger partial charge in [0.1, 0.15) is 0 Å². The summed E-state index contributed by atoms with van der Waals surface area (Å²) in [6, 6.07) is 3.57. The van der Waals surface area contributed by atoms with Gasteiger partial charge in [0, 0.05) is 37.7 Å². The lowest BCUT2D eigenvalue weighted by Crippen LogP contribution is -2.54. The Labute approximate surface area is 182 Å². The highest BCUT2D eigenvalue weighted by molar-refractivity contribution is 6.00. The number of hydrogen-bond donors (Lipinski definition) is 2. The molecule has 4 rings (SSSR count). The van der Waals surface area contributed by atoms with Crippen molar-refractivity contribution >= 4 is 17.3 Å². The Bertz CT molecular complexity index is 1050. The Hall–Kier alpha value is -3.16. The fourth-order valence-corrected chi connectivity index (χ4v) is 4.24. The minimum atomic E-state index is -0.233. The summed E-state index contributed by atoms with van der Waals surface area (Å²) in [6.07, 6.45) is 11.4. The number of pyridine rings is 1. The molecule has 0 saturated carbocycles. The SMILES string of the molecule is CC(C)(C)CC[C@@H]1CCN(C(=O)c2cccn3cncc23)CC1NC(=O)c1ncc[nH]1. The Morgan fingerprint density at radius 2 is 2.16 bits per heavy atom. The predicted octanol–water partition coefficient (Wildman–Crippen LogP) is 3.14. The Morgan fingerprint density at radius 1 is 1.32 bits per heavy atom. The largest absolute Gasteiger partial charge is 0.345 e. The van der Waals surface area contributed by atoms with Gasteiger partial charge in [-0.2, -0.15) is 0 Å². The quantitative estimate of drug-likeness (QED) is 0.660. The summed E-state index contributed by atoms with van der Waals surface area (Å²) in [4.78, 5) is 39.0. The van der Waals surface area contributed by atoms with Gasteiger partial charge in [0.2, 0.25) is 0 Å². The second-order valence-electron chi connectivity index (χ2n) is 9.53. The molecule has 0 aliphatic carbocycles. The van der Waals surface area contributed by atoms with Crippen LogP contribution in [0.25, 0.3) is 5.52 Å². The maximum atomic E-state index is 13.3. The topological polar surface area (TPSA) is 95.4 Å². The van der Waals surface area contributed by atoms with E-state index in [1.165, 1.54) is 0 Å². The molecule has 1 unspecified atom stereocenters. The van der Waals surface area contributed by atoms with Gasteiger partial charge < -0.3 is 19.6 Å². The zero-order valence-corrected chi connectivity index (χ0v) is 18.3. The van der Waals surface area contributed by atoms with Crippen LogP contribution < -0.4 is 5.32 Å². The lowest BCUT2D eigenvalue weighted by Gasteiger charge is -2.40. The van der Waals surface area contributed by atoms with Crippen molar-refractivity contribution in [2.24, 2.45) is 11.3 Å². The fraction of sp³-hybridized carbons (Fsp3) is 0.478. The molecule has 0 spiro atoms. The maximum Gasteiger partial charge on any atom is 0.287 e. The van der Waals surface area contributed by atoms with E-state index in [1.807, 2.05) is 27.6 Å². The number of nitrogens with one attached hydrogen (secondary N) is 2. The molecule has 164 valence electrons. The van der Waals surface area contributed by atoms with Gasteiger partial charge in [0.05, 0.1) is 23.6 Å². The van der Waals surface area contributed by atoms with Gasteiger partial charge in [-0.05, 0) is 42.7 Å². The summed E-state index contributed by atoms with van der Waals surface area (Å²) in [5.41, 5.74) is 1.64. The number of fused-ring (bicyclic) bond motifs is 1. The summed E-state index contributed by atoms with van der Waals surface area (Å²) in [6.45, 7) is 7.85.